The van der Waals surface area contributed by atoms with Crippen molar-refractivity contribution in [3.8, 4) is 0 Å². The van der Waals surface area contributed by atoms with Crippen LogP contribution in [0.15, 0.2) is 17.8 Å². The van der Waals surface area contributed by atoms with Crippen LogP contribution in [0.2, 0.25) is 0 Å². The second kappa shape index (κ2) is 6.58. The highest BCUT2D eigenvalue weighted by Gasteiger charge is 2.06. The lowest BCUT2D eigenvalue weighted by molar-refractivity contribution is 0.311. The van der Waals surface area contributed by atoms with E-state index in [0.29, 0.717) is 0 Å². The molecular weight excluding hydrogens is 258 g/mol. The van der Waals surface area contributed by atoms with Gasteiger partial charge in [-0.05, 0) is 20.9 Å². The van der Waals surface area contributed by atoms with Crippen molar-refractivity contribution in [2.24, 2.45) is 0 Å². The van der Waals surface area contributed by atoms with Crippen molar-refractivity contribution in [2.75, 3.05) is 18.9 Å². The Bertz CT molecular complexity index is 508. The fourth-order valence-electron chi connectivity index (χ4n) is 1.80. The molecule has 0 aliphatic rings. The van der Waals surface area contributed by atoms with Gasteiger partial charge in [0.2, 0.25) is 0 Å². The van der Waals surface area contributed by atoms with E-state index in [2.05, 4.69) is 37.6 Å². The minimum absolute atomic E-state index is 0.774. The Morgan fingerprint density at radius 1 is 1.21 bits per heavy atom. The largest absolute Gasteiger partial charge is 0.369 e. The normalized spacial score (nSPS) is 10.9. The highest BCUT2D eigenvalue weighted by Crippen LogP contribution is 2.11. The predicted octanol–water partition coefficient (Wildman–Crippen LogP) is 2.31. The third-order valence-corrected chi connectivity index (χ3v) is 3.42. The van der Waals surface area contributed by atoms with Crippen LogP contribution in [-0.2, 0) is 13.1 Å². The van der Waals surface area contributed by atoms with Crippen molar-refractivity contribution in [3.63, 3.8) is 0 Å². The molecule has 2 aromatic rings. The van der Waals surface area contributed by atoms with Gasteiger partial charge in [-0.1, -0.05) is 0 Å². The summed E-state index contributed by atoms with van der Waals surface area (Å²) in [6, 6.07) is 0. The van der Waals surface area contributed by atoms with Crippen LogP contribution in [0.4, 0.5) is 5.82 Å². The summed E-state index contributed by atoms with van der Waals surface area (Å²) < 4.78 is 0. The van der Waals surface area contributed by atoms with Crippen LogP contribution in [0.3, 0.4) is 0 Å². The van der Waals surface area contributed by atoms with E-state index in [0.717, 1.165) is 41.8 Å². The fraction of sp³-hybridized carbons (Fsp3) is 0.462. The molecule has 2 heterocycles. The van der Waals surface area contributed by atoms with Gasteiger partial charge in [-0.15, -0.1) is 11.3 Å². The SMILES string of the molecule is CCNc1cnc(CN(C)Cc2csc(C)n2)cn1. The van der Waals surface area contributed by atoms with Gasteiger partial charge in [-0.25, -0.2) is 9.97 Å². The van der Waals surface area contributed by atoms with Gasteiger partial charge in [0.15, 0.2) is 0 Å². The first-order chi connectivity index (χ1) is 9.17. The van der Waals surface area contributed by atoms with E-state index in [1.165, 1.54) is 0 Å². The lowest BCUT2D eigenvalue weighted by atomic mass is 10.3. The van der Waals surface area contributed by atoms with Crippen LogP contribution >= 0.6 is 11.3 Å². The molecule has 0 bridgehead atoms. The van der Waals surface area contributed by atoms with Crippen LogP contribution < -0.4 is 5.32 Å². The molecule has 2 aromatic heterocycles. The van der Waals surface area contributed by atoms with E-state index < -0.39 is 0 Å². The molecule has 0 spiro atoms. The Kier molecular flexibility index (Phi) is 4.81. The van der Waals surface area contributed by atoms with Crippen molar-refractivity contribution in [1.29, 1.82) is 0 Å². The molecule has 1 N–H and O–H groups in total. The second-order valence-electron chi connectivity index (χ2n) is 4.45. The lowest BCUT2D eigenvalue weighted by Crippen LogP contribution is -2.18. The molecule has 0 aromatic carbocycles. The Morgan fingerprint density at radius 3 is 2.58 bits per heavy atom. The Morgan fingerprint density at radius 2 is 2.00 bits per heavy atom. The minimum Gasteiger partial charge on any atom is -0.369 e. The number of nitrogens with one attached hydrogen (secondary N) is 1. The molecular formula is C13H19N5S. The number of thiazole rings is 1. The number of aromatic nitrogens is 3. The molecule has 0 saturated carbocycles. The molecule has 0 saturated heterocycles. The first-order valence-electron chi connectivity index (χ1n) is 6.31. The molecule has 102 valence electrons. The average molecular weight is 277 g/mol. The van der Waals surface area contributed by atoms with Crippen LogP contribution in [-0.4, -0.2) is 33.4 Å². The number of hydrogen-bond acceptors (Lipinski definition) is 6. The summed E-state index contributed by atoms with van der Waals surface area (Å²) in [4.78, 5) is 15.4. The van der Waals surface area contributed by atoms with Gasteiger partial charge in [0, 0.05) is 25.0 Å². The summed E-state index contributed by atoms with van der Waals surface area (Å²) in [7, 11) is 2.06. The maximum atomic E-state index is 4.46. The van der Waals surface area contributed by atoms with E-state index in [1.807, 2.05) is 20.0 Å². The molecule has 0 amide bonds. The number of rotatable bonds is 6. The van der Waals surface area contributed by atoms with Gasteiger partial charge < -0.3 is 5.32 Å². The zero-order valence-electron chi connectivity index (χ0n) is 11.6. The number of anilines is 1. The maximum absolute atomic E-state index is 4.46. The molecule has 6 heteroatoms. The Balaban J connectivity index is 1.89. The van der Waals surface area contributed by atoms with Crippen molar-refractivity contribution >= 4 is 17.2 Å². The molecule has 0 unspecified atom stereocenters. The zero-order valence-corrected chi connectivity index (χ0v) is 12.4. The topological polar surface area (TPSA) is 53.9 Å². The average Bonchev–Trinajstić information content (AvgIpc) is 2.77. The van der Waals surface area contributed by atoms with Crippen molar-refractivity contribution < 1.29 is 0 Å². The number of aryl methyl sites for hydroxylation is 1. The quantitative estimate of drug-likeness (QED) is 0.878. The molecule has 2 rings (SSSR count). The summed E-state index contributed by atoms with van der Waals surface area (Å²) >= 11 is 1.69. The molecule has 0 atom stereocenters. The van der Waals surface area contributed by atoms with E-state index in [9.17, 15) is 0 Å². The molecule has 5 nitrogen and oxygen atoms in total. The summed E-state index contributed by atoms with van der Waals surface area (Å²) in [5, 5.41) is 6.35. The monoisotopic (exact) mass is 277 g/mol. The van der Waals surface area contributed by atoms with Crippen molar-refractivity contribution in [2.45, 2.75) is 26.9 Å². The van der Waals surface area contributed by atoms with E-state index in [-0.39, 0.29) is 0 Å². The standard InChI is InChI=1S/C13H19N5S/c1-4-14-13-6-15-11(5-16-13)7-18(3)8-12-9-19-10(2)17-12/h5-6,9H,4,7-8H2,1-3H3,(H,14,16). The Labute approximate surface area is 117 Å². The summed E-state index contributed by atoms with van der Waals surface area (Å²) in [5.74, 6) is 0.823. The summed E-state index contributed by atoms with van der Waals surface area (Å²) in [6.07, 6.45) is 3.60. The van der Waals surface area contributed by atoms with Gasteiger partial charge in [-0.3, -0.25) is 9.88 Å². The number of nitrogens with zero attached hydrogens (tertiary/aromatic N) is 4. The lowest BCUT2D eigenvalue weighted by Gasteiger charge is -2.14. The second-order valence-corrected chi connectivity index (χ2v) is 5.52. The van der Waals surface area contributed by atoms with E-state index in [4.69, 9.17) is 0 Å². The highest BCUT2D eigenvalue weighted by molar-refractivity contribution is 7.09. The van der Waals surface area contributed by atoms with Crippen LogP contribution in [0.1, 0.15) is 23.3 Å². The van der Waals surface area contributed by atoms with Gasteiger partial charge in [0.05, 0.1) is 28.8 Å². The first-order valence-corrected chi connectivity index (χ1v) is 7.19. The summed E-state index contributed by atoms with van der Waals surface area (Å²) in [5.41, 5.74) is 2.08. The van der Waals surface area contributed by atoms with E-state index in [1.54, 1.807) is 17.5 Å². The van der Waals surface area contributed by atoms with Crippen LogP contribution in [0, 0.1) is 6.92 Å². The van der Waals surface area contributed by atoms with Gasteiger partial charge in [0.1, 0.15) is 5.82 Å². The van der Waals surface area contributed by atoms with Crippen LogP contribution in [0.5, 0.6) is 0 Å². The fourth-order valence-corrected chi connectivity index (χ4v) is 2.40. The maximum Gasteiger partial charge on any atom is 0.144 e. The molecule has 0 radical (unpaired) electrons. The van der Waals surface area contributed by atoms with Crippen molar-refractivity contribution in [1.82, 2.24) is 19.9 Å². The minimum atomic E-state index is 0.774. The predicted molar refractivity (Wildman–Crippen MR) is 78.2 cm³/mol. The number of hydrogen-bond donors (Lipinski definition) is 1. The van der Waals surface area contributed by atoms with Gasteiger partial charge >= 0.3 is 0 Å². The van der Waals surface area contributed by atoms with Crippen molar-refractivity contribution in [3.05, 3.63) is 34.2 Å². The molecule has 0 aliphatic carbocycles. The highest BCUT2D eigenvalue weighted by atomic mass is 32.1. The van der Waals surface area contributed by atoms with Gasteiger partial charge in [0.25, 0.3) is 0 Å². The molecule has 19 heavy (non-hydrogen) atoms. The smallest absolute Gasteiger partial charge is 0.144 e. The molecule has 0 aliphatic heterocycles. The van der Waals surface area contributed by atoms with E-state index >= 15 is 0 Å². The zero-order chi connectivity index (χ0) is 13.7. The third kappa shape index (κ3) is 4.25. The Hall–Kier alpha value is -1.53. The first kappa shape index (κ1) is 13.9. The molecule has 0 fully saturated rings. The van der Waals surface area contributed by atoms with Gasteiger partial charge in [-0.2, -0.15) is 0 Å². The summed E-state index contributed by atoms with van der Waals surface area (Å²) in [6.45, 7) is 6.53. The van der Waals surface area contributed by atoms with Crippen LogP contribution in [0.25, 0.3) is 0 Å². The third-order valence-electron chi connectivity index (χ3n) is 2.59.